The van der Waals surface area contributed by atoms with Crippen molar-refractivity contribution in [3.05, 3.63) is 12.7 Å². The van der Waals surface area contributed by atoms with E-state index in [2.05, 4.69) is 17.2 Å². The lowest BCUT2D eigenvalue weighted by Gasteiger charge is -2.13. The van der Waals surface area contributed by atoms with Gasteiger partial charge < -0.3 is 15.7 Å². The Bertz CT molecular complexity index is 307. The lowest BCUT2D eigenvalue weighted by molar-refractivity contribution is -0.139. The molecule has 0 aliphatic heterocycles. The maximum atomic E-state index is 11.3. The van der Waals surface area contributed by atoms with Crippen LogP contribution in [0.4, 0.5) is 4.79 Å². The third-order valence-corrected chi connectivity index (χ3v) is 2.76. The first-order valence-corrected chi connectivity index (χ1v) is 6.88. The first-order chi connectivity index (χ1) is 7.97. The second kappa shape index (κ2) is 8.74. The summed E-state index contributed by atoms with van der Waals surface area (Å²) in [7, 11) is -0.880. The molecule has 6 nitrogen and oxygen atoms in total. The molecule has 0 rings (SSSR count). The number of aliphatic carboxylic acids is 1. The third-order valence-electron chi connectivity index (χ3n) is 1.90. The predicted molar refractivity (Wildman–Crippen MR) is 66.3 cm³/mol. The molecule has 3 N–H and O–H groups in total. The second-order valence-corrected chi connectivity index (χ2v) is 5.00. The van der Waals surface area contributed by atoms with Crippen molar-refractivity contribution in [2.45, 2.75) is 18.9 Å². The Morgan fingerprint density at radius 3 is 2.65 bits per heavy atom. The summed E-state index contributed by atoms with van der Waals surface area (Å²) < 4.78 is 10.7. The summed E-state index contributed by atoms with van der Waals surface area (Å²) >= 11 is 0. The Labute approximate surface area is 103 Å². The van der Waals surface area contributed by atoms with Gasteiger partial charge >= 0.3 is 12.0 Å². The van der Waals surface area contributed by atoms with Crippen LogP contribution < -0.4 is 10.6 Å². The third kappa shape index (κ3) is 8.44. The molecule has 0 saturated heterocycles. The molecule has 0 aromatic rings. The van der Waals surface area contributed by atoms with Crippen molar-refractivity contribution in [2.75, 3.05) is 18.6 Å². The van der Waals surface area contributed by atoms with Crippen LogP contribution in [0.2, 0.25) is 0 Å². The molecular formula is C10H18N2O4S. The SMILES string of the molecule is C=CCC(NC(=O)NCCCS(C)=O)C(=O)O. The number of hydrogen-bond acceptors (Lipinski definition) is 3. The molecule has 0 heterocycles. The van der Waals surface area contributed by atoms with E-state index in [1.165, 1.54) is 6.08 Å². The molecule has 2 atom stereocenters. The van der Waals surface area contributed by atoms with Crippen LogP contribution in [0.3, 0.4) is 0 Å². The summed E-state index contributed by atoms with van der Waals surface area (Å²) in [5, 5.41) is 13.6. The molecule has 0 bridgehead atoms. The van der Waals surface area contributed by atoms with Crippen LogP contribution in [0.15, 0.2) is 12.7 Å². The molecule has 7 heteroatoms. The summed E-state index contributed by atoms with van der Waals surface area (Å²) in [5.41, 5.74) is 0. The van der Waals surface area contributed by atoms with Gasteiger partial charge in [0, 0.05) is 29.4 Å². The first-order valence-electron chi connectivity index (χ1n) is 5.15. The van der Waals surface area contributed by atoms with Gasteiger partial charge in [0.2, 0.25) is 0 Å². The number of nitrogens with one attached hydrogen (secondary N) is 2. The minimum absolute atomic E-state index is 0.168. The molecule has 2 unspecified atom stereocenters. The van der Waals surface area contributed by atoms with Crippen LogP contribution >= 0.6 is 0 Å². The Morgan fingerprint density at radius 1 is 1.53 bits per heavy atom. The van der Waals surface area contributed by atoms with Crippen LogP contribution in [-0.2, 0) is 15.6 Å². The van der Waals surface area contributed by atoms with Crippen molar-refractivity contribution >= 4 is 22.8 Å². The fourth-order valence-electron chi connectivity index (χ4n) is 1.07. The first kappa shape index (κ1) is 15.6. The van der Waals surface area contributed by atoms with Gasteiger partial charge in [-0.3, -0.25) is 4.21 Å². The maximum Gasteiger partial charge on any atom is 0.326 e. The number of amides is 2. The second-order valence-electron chi connectivity index (χ2n) is 3.45. The van der Waals surface area contributed by atoms with Gasteiger partial charge in [-0.15, -0.1) is 6.58 Å². The molecule has 0 aromatic carbocycles. The number of hydrogen-bond donors (Lipinski definition) is 3. The Hall–Kier alpha value is -1.37. The van der Waals surface area contributed by atoms with Crippen LogP contribution in [0.5, 0.6) is 0 Å². The van der Waals surface area contributed by atoms with Crippen LogP contribution in [-0.4, -0.2) is 45.9 Å². The summed E-state index contributed by atoms with van der Waals surface area (Å²) in [6, 6.07) is -1.51. The lowest BCUT2D eigenvalue weighted by Crippen LogP contribution is -2.46. The van der Waals surface area contributed by atoms with Gasteiger partial charge in [-0.2, -0.15) is 0 Å². The van der Waals surface area contributed by atoms with Gasteiger partial charge in [-0.25, -0.2) is 9.59 Å². The van der Waals surface area contributed by atoms with E-state index in [1.54, 1.807) is 6.26 Å². The van der Waals surface area contributed by atoms with E-state index in [1.807, 2.05) is 0 Å². The summed E-state index contributed by atoms with van der Waals surface area (Å²) in [6.45, 7) is 3.78. The smallest absolute Gasteiger partial charge is 0.326 e. The van der Waals surface area contributed by atoms with Crippen molar-refractivity contribution in [2.24, 2.45) is 0 Å². The zero-order chi connectivity index (χ0) is 13.3. The molecule has 98 valence electrons. The van der Waals surface area contributed by atoms with Gasteiger partial charge in [0.1, 0.15) is 6.04 Å². The molecule has 0 saturated carbocycles. The fourth-order valence-corrected chi connectivity index (χ4v) is 1.63. The quantitative estimate of drug-likeness (QED) is 0.426. The average molecular weight is 262 g/mol. The minimum Gasteiger partial charge on any atom is -0.480 e. The predicted octanol–water partition coefficient (Wildman–Crippen LogP) is 0.0835. The Balaban J connectivity index is 3.86. The molecule has 0 aliphatic carbocycles. The van der Waals surface area contributed by atoms with Crippen molar-refractivity contribution in [1.82, 2.24) is 10.6 Å². The maximum absolute atomic E-state index is 11.3. The number of carbonyl (C=O) groups is 2. The molecule has 0 aliphatic rings. The van der Waals surface area contributed by atoms with Gasteiger partial charge in [0.15, 0.2) is 0 Å². The normalized spacial score (nSPS) is 13.5. The number of urea groups is 1. The molecule has 17 heavy (non-hydrogen) atoms. The van der Waals surface area contributed by atoms with Crippen molar-refractivity contribution in [3.63, 3.8) is 0 Å². The largest absolute Gasteiger partial charge is 0.480 e. The summed E-state index contributed by atoms with van der Waals surface area (Å²) in [4.78, 5) is 22.0. The van der Waals surface area contributed by atoms with E-state index in [-0.39, 0.29) is 6.42 Å². The topological polar surface area (TPSA) is 95.5 Å². The van der Waals surface area contributed by atoms with Crippen molar-refractivity contribution < 1.29 is 18.9 Å². The standard InChI is InChI=1S/C10H18N2O4S/c1-3-5-8(9(13)14)12-10(15)11-6-4-7-17(2)16/h3,8H,1,4-7H2,2H3,(H,13,14)(H2,11,12,15). The van der Waals surface area contributed by atoms with Crippen molar-refractivity contribution in [3.8, 4) is 0 Å². The molecule has 0 spiro atoms. The van der Waals surface area contributed by atoms with Crippen LogP contribution in [0, 0.1) is 0 Å². The molecule has 0 radical (unpaired) electrons. The minimum atomic E-state index is -1.10. The molecular weight excluding hydrogens is 244 g/mol. The fraction of sp³-hybridized carbons (Fsp3) is 0.600. The Kier molecular flexibility index (Phi) is 8.04. The number of carbonyl (C=O) groups excluding carboxylic acids is 1. The van der Waals surface area contributed by atoms with E-state index in [4.69, 9.17) is 5.11 Å². The Morgan fingerprint density at radius 2 is 2.18 bits per heavy atom. The summed E-state index contributed by atoms with van der Waals surface area (Å²) in [5.74, 6) is -0.593. The van der Waals surface area contributed by atoms with E-state index in [9.17, 15) is 13.8 Å². The van der Waals surface area contributed by atoms with Gasteiger partial charge in [-0.1, -0.05) is 6.08 Å². The highest BCUT2D eigenvalue weighted by atomic mass is 32.2. The molecule has 2 amide bonds. The van der Waals surface area contributed by atoms with Crippen LogP contribution in [0.25, 0.3) is 0 Å². The van der Waals surface area contributed by atoms with Crippen LogP contribution in [0.1, 0.15) is 12.8 Å². The number of carboxylic acids is 1. The number of rotatable bonds is 8. The van der Waals surface area contributed by atoms with Gasteiger partial charge in [0.25, 0.3) is 0 Å². The summed E-state index contributed by atoms with van der Waals surface area (Å²) in [6.07, 6.45) is 3.78. The highest BCUT2D eigenvalue weighted by molar-refractivity contribution is 7.84. The van der Waals surface area contributed by atoms with E-state index in [0.29, 0.717) is 18.7 Å². The highest BCUT2D eigenvalue weighted by Gasteiger charge is 2.17. The van der Waals surface area contributed by atoms with Gasteiger partial charge in [0.05, 0.1) is 0 Å². The lowest BCUT2D eigenvalue weighted by atomic mass is 10.2. The zero-order valence-corrected chi connectivity index (χ0v) is 10.6. The van der Waals surface area contributed by atoms with E-state index in [0.717, 1.165) is 0 Å². The van der Waals surface area contributed by atoms with Gasteiger partial charge in [-0.05, 0) is 12.8 Å². The molecule has 0 fully saturated rings. The highest BCUT2D eigenvalue weighted by Crippen LogP contribution is 1.93. The molecule has 0 aromatic heterocycles. The van der Waals surface area contributed by atoms with E-state index < -0.39 is 28.8 Å². The monoisotopic (exact) mass is 262 g/mol. The van der Waals surface area contributed by atoms with E-state index >= 15 is 0 Å². The number of carboxylic acid groups (broad SMARTS) is 1. The average Bonchev–Trinajstić information content (AvgIpc) is 2.23. The van der Waals surface area contributed by atoms with Crippen molar-refractivity contribution in [1.29, 1.82) is 0 Å². The zero-order valence-electron chi connectivity index (χ0n) is 9.77.